The van der Waals surface area contributed by atoms with Gasteiger partial charge in [0, 0.05) is 6.04 Å². The molecule has 3 atom stereocenters. The van der Waals surface area contributed by atoms with Crippen molar-refractivity contribution in [2.45, 2.75) is 64.7 Å². The Morgan fingerprint density at radius 3 is 2.36 bits per heavy atom. The Bertz CT molecular complexity index is 158. The smallest absolute Gasteiger partial charge is 0.0731 e. The number of hydrogen-bond donors (Lipinski definition) is 1. The van der Waals surface area contributed by atoms with Crippen molar-refractivity contribution < 1.29 is 4.74 Å². The highest BCUT2D eigenvalue weighted by Gasteiger charge is 2.26. The van der Waals surface area contributed by atoms with Gasteiger partial charge in [-0.05, 0) is 32.7 Å². The van der Waals surface area contributed by atoms with Crippen molar-refractivity contribution in [3.63, 3.8) is 0 Å². The van der Waals surface area contributed by atoms with Crippen LogP contribution in [0, 0.1) is 5.92 Å². The summed E-state index contributed by atoms with van der Waals surface area (Å²) in [6.45, 7) is 6.63. The lowest BCUT2D eigenvalue weighted by Crippen LogP contribution is -2.43. The zero-order valence-corrected chi connectivity index (χ0v) is 10.0. The summed E-state index contributed by atoms with van der Waals surface area (Å²) in [5.74, 6) is 0.620. The first kappa shape index (κ1) is 12.0. The fourth-order valence-electron chi connectivity index (χ4n) is 2.02. The minimum Gasteiger partial charge on any atom is -0.373 e. The van der Waals surface area contributed by atoms with Gasteiger partial charge in [-0.1, -0.05) is 26.7 Å². The van der Waals surface area contributed by atoms with Gasteiger partial charge in [-0.25, -0.2) is 0 Å². The molecule has 0 aromatic heterocycles. The largest absolute Gasteiger partial charge is 0.373 e. The third kappa shape index (κ3) is 3.25. The van der Waals surface area contributed by atoms with Gasteiger partial charge in [0.15, 0.2) is 0 Å². The van der Waals surface area contributed by atoms with E-state index in [-0.39, 0.29) is 0 Å². The molecule has 0 bridgehead atoms. The Hall–Kier alpha value is -0.0800. The van der Waals surface area contributed by atoms with Crippen molar-refractivity contribution in [3.8, 4) is 0 Å². The predicted octanol–water partition coefficient (Wildman–Crippen LogP) is 2.58. The lowest BCUT2D eigenvalue weighted by Gasteiger charge is -2.34. The van der Waals surface area contributed by atoms with Gasteiger partial charge in [-0.15, -0.1) is 0 Å². The molecule has 0 spiro atoms. The first-order valence-electron chi connectivity index (χ1n) is 5.98. The van der Waals surface area contributed by atoms with E-state index in [1.807, 2.05) is 7.05 Å². The number of hydrogen-bond acceptors (Lipinski definition) is 2. The zero-order chi connectivity index (χ0) is 10.6. The summed E-state index contributed by atoms with van der Waals surface area (Å²) in [5, 5.41) is 3.37. The molecule has 1 rings (SSSR count). The summed E-state index contributed by atoms with van der Waals surface area (Å²) in [4.78, 5) is 0. The van der Waals surface area contributed by atoms with Gasteiger partial charge in [0.1, 0.15) is 0 Å². The molecule has 1 aliphatic carbocycles. The summed E-state index contributed by atoms with van der Waals surface area (Å²) in [6.07, 6.45) is 5.99. The summed E-state index contributed by atoms with van der Waals surface area (Å²) in [5.41, 5.74) is 0. The summed E-state index contributed by atoms with van der Waals surface area (Å²) >= 11 is 0. The van der Waals surface area contributed by atoms with Crippen molar-refractivity contribution in [1.29, 1.82) is 0 Å². The fourth-order valence-corrected chi connectivity index (χ4v) is 2.02. The Kier molecular flexibility index (Phi) is 4.90. The maximum Gasteiger partial charge on any atom is 0.0731 e. The third-order valence-corrected chi connectivity index (χ3v) is 3.40. The lowest BCUT2D eigenvalue weighted by molar-refractivity contribution is -0.0555. The minimum absolute atomic E-state index is 0.383. The molecule has 1 aliphatic rings. The van der Waals surface area contributed by atoms with Gasteiger partial charge in [0.05, 0.1) is 12.2 Å². The standard InChI is InChI=1S/C12H25NO/c1-9(2)10(3)14-12-8-6-5-7-11(12)13-4/h9-13H,5-8H2,1-4H3. The molecule has 2 heteroatoms. The van der Waals surface area contributed by atoms with Crippen LogP contribution in [-0.4, -0.2) is 25.3 Å². The topological polar surface area (TPSA) is 21.3 Å². The number of nitrogens with one attached hydrogen (secondary N) is 1. The molecule has 0 aliphatic heterocycles. The van der Waals surface area contributed by atoms with Crippen LogP contribution < -0.4 is 5.32 Å². The molecule has 0 saturated heterocycles. The maximum absolute atomic E-state index is 6.09. The Morgan fingerprint density at radius 1 is 1.14 bits per heavy atom. The monoisotopic (exact) mass is 199 g/mol. The first-order valence-corrected chi connectivity index (χ1v) is 5.98. The summed E-state index contributed by atoms with van der Waals surface area (Å²) in [7, 11) is 2.05. The van der Waals surface area contributed by atoms with E-state index in [0.29, 0.717) is 24.2 Å². The normalized spacial score (nSPS) is 30.6. The van der Waals surface area contributed by atoms with Gasteiger partial charge in [-0.3, -0.25) is 0 Å². The summed E-state index contributed by atoms with van der Waals surface area (Å²) < 4.78 is 6.09. The minimum atomic E-state index is 0.383. The van der Waals surface area contributed by atoms with Crippen LogP contribution in [0.15, 0.2) is 0 Å². The molecule has 1 saturated carbocycles. The third-order valence-electron chi connectivity index (χ3n) is 3.40. The zero-order valence-electron chi connectivity index (χ0n) is 10.0. The van der Waals surface area contributed by atoms with E-state index >= 15 is 0 Å². The van der Waals surface area contributed by atoms with E-state index in [1.54, 1.807) is 0 Å². The first-order chi connectivity index (χ1) is 6.65. The van der Waals surface area contributed by atoms with Gasteiger partial charge in [0.2, 0.25) is 0 Å². The molecule has 1 fully saturated rings. The maximum atomic E-state index is 6.09. The highest BCUT2D eigenvalue weighted by atomic mass is 16.5. The second-order valence-corrected chi connectivity index (χ2v) is 4.80. The average Bonchev–Trinajstić information content (AvgIpc) is 2.18. The molecule has 0 heterocycles. The molecule has 14 heavy (non-hydrogen) atoms. The molecule has 0 radical (unpaired) electrons. The fraction of sp³-hybridized carbons (Fsp3) is 1.00. The van der Waals surface area contributed by atoms with E-state index in [0.717, 1.165) is 0 Å². The highest BCUT2D eigenvalue weighted by molar-refractivity contribution is 4.81. The molecule has 1 N–H and O–H groups in total. The van der Waals surface area contributed by atoms with Crippen LogP contribution in [0.25, 0.3) is 0 Å². The molecule has 3 unspecified atom stereocenters. The van der Waals surface area contributed by atoms with Crippen molar-refractivity contribution in [2.75, 3.05) is 7.05 Å². The quantitative estimate of drug-likeness (QED) is 0.751. The van der Waals surface area contributed by atoms with Gasteiger partial charge >= 0.3 is 0 Å². The Labute approximate surface area is 88.4 Å². The van der Waals surface area contributed by atoms with Crippen molar-refractivity contribution in [3.05, 3.63) is 0 Å². The second kappa shape index (κ2) is 5.72. The van der Waals surface area contributed by atoms with E-state index in [4.69, 9.17) is 4.74 Å². The molecule has 0 amide bonds. The van der Waals surface area contributed by atoms with Crippen molar-refractivity contribution in [1.82, 2.24) is 5.32 Å². The van der Waals surface area contributed by atoms with Crippen LogP contribution in [0.4, 0.5) is 0 Å². The molecule has 0 aromatic carbocycles. The van der Waals surface area contributed by atoms with Crippen molar-refractivity contribution >= 4 is 0 Å². The van der Waals surface area contributed by atoms with Crippen LogP contribution >= 0.6 is 0 Å². The van der Waals surface area contributed by atoms with Gasteiger partial charge in [-0.2, -0.15) is 0 Å². The summed E-state index contributed by atoms with van der Waals surface area (Å²) in [6, 6.07) is 0.574. The SMILES string of the molecule is CNC1CCCCC1OC(C)C(C)C. The highest BCUT2D eigenvalue weighted by Crippen LogP contribution is 2.23. The molecule has 2 nitrogen and oxygen atoms in total. The van der Waals surface area contributed by atoms with Crippen LogP contribution in [0.1, 0.15) is 46.5 Å². The van der Waals surface area contributed by atoms with Crippen LogP contribution in [-0.2, 0) is 4.74 Å². The molecule has 0 aromatic rings. The van der Waals surface area contributed by atoms with Crippen LogP contribution in [0.5, 0.6) is 0 Å². The van der Waals surface area contributed by atoms with Gasteiger partial charge < -0.3 is 10.1 Å². The van der Waals surface area contributed by atoms with E-state index in [1.165, 1.54) is 25.7 Å². The molecule has 84 valence electrons. The molecular formula is C12H25NO. The number of rotatable bonds is 4. The van der Waals surface area contributed by atoms with Crippen LogP contribution in [0.2, 0.25) is 0 Å². The number of ether oxygens (including phenoxy) is 1. The van der Waals surface area contributed by atoms with Crippen LogP contribution in [0.3, 0.4) is 0 Å². The van der Waals surface area contributed by atoms with Crippen molar-refractivity contribution in [2.24, 2.45) is 5.92 Å². The van der Waals surface area contributed by atoms with E-state index in [2.05, 4.69) is 26.1 Å². The second-order valence-electron chi connectivity index (χ2n) is 4.80. The van der Waals surface area contributed by atoms with Gasteiger partial charge in [0.25, 0.3) is 0 Å². The Balaban J connectivity index is 2.40. The predicted molar refractivity (Wildman–Crippen MR) is 60.5 cm³/mol. The molecular weight excluding hydrogens is 174 g/mol. The van der Waals surface area contributed by atoms with E-state index in [9.17, 15) is 0 Å². The van der Waals surface area contributed by atoms with E-state index < -0.39 is 0 Å². The lowest BCUT2D eigenvalue weighted by atomic mass is 9.92. The Morgan fingerprint density at radius 2 is 1.79 bits per heavy atom. The number of likely N-dealkylation sites (N-methyl/N-ethyl adjacent to an activating group) is 1. The average molecular weight is 199 g/mol.